The van der Waals surface area contributed by atoms with Crippen LogP contribution in [0.1, 0.15) is 11.4 Å². The summed E-state index contributed by atoms with van der Waals surface area (Å²) in [6, 6.07) is 0. The molecule has 1 heterocycles. The predicted octanol–water partition coefficient (Wildman–Crippen LogP) is 0.434. The number of halogens is 1. The first-order chi connectivity index (χ1) is 6.54. The second-order valence-electron chi connectivity index (χ2n) is 2.58. The van der Waals surface area contributed by atoms with Gasteiger partial charge in [0.15, 0.2) is 23.0 Å². The molecule has 0 bridgehead atoms. The van der Waals surface area contributed by atoms with Crippen molar-refractivity contribution in [1.82, 2.24) is 9.97 Å². The van der Waals surface area contributed by atoms with Crippen molar-refractivity contribution in [1.29, 1.82) is 0 Å². The lowest BCUT2D eigenvalue weighted by atomic mass is 10.2. The monoisotopic (exact) mass is 310 g/mol. The maximum absolute atomic E-state index is 11.3. The van der Waals surface area contributed by atoms with E-state index in [1.54, 1.807) is 29.9 Å². The van der Waals surface area contributed by atoms with Gasteiger partial charge in [-0.1, -0.05) is 0 Å². The zero-order chi connectivity index (χ0) is 10.7. The highest BCUT2D eigenvalue weighted by Crippen LogP contribution is 2.13. The van der Waals surface area contributed by atoms with Crippen molar-refractivity contribution in [2.45, 2.75) is 13.3 Å². The number of carboxylic acids is 1. The number of aryl methyl sites for hydroxylation is 1. The molecule has 0 atom stereocenters. The van der Waals surface area contributed by atoms with Gasteiger partial charge in [-0.2, -0.15) is 4.98 Å². The predicted molar refractivity (Wildman–Crippen MR) is 55.6 cm³/mol. The van der Waals surface area contributed by atoms with Crippen molar-refractivity contribution in [3.05, 3.63) is 21.7 Å². The third-order valence-corrected chi connectivity index (χ3v) is 1.91. The van der Waals surface area contributed by atoms with Crippen LogP contribution in [0.25, 0.3) is 0 Å². The third kappa shape index (κ3) is 2.44. The van der Waals surface area contributed by atoms with Gasteiger partial charge in [0.25, 0.3) is 5.56 Å². The Hall–Kier alpha value is -1.12. The van der Waals surface area contributed by atoms with Crippen LogP contribution in [0.15, 0.2) is 4.79 Å². The first-order valence-electron chi connectivity index (χ1n) is 3.64. The molecule has 0 aliphatic rings. The summed E-state index contributed by atoms with van der Waals surface area (Å²) in [6.07, 6.45) is -0.402. The molecule has 1 rings (SSSR count). The van der Waals surface area contributed by atoms with Crippen molar-refractivity contribution in [3.63, 3.8) is 0 Å². The molecule has 7 heteroatoms. The zero-order valence-electron chi connectivity index (χ0n) is 7.20. The summed E-state index contributed by atoms with van der Waals surface area (Å²) in [5, 5.41) is 8.54. The standard InChI is InChI=1S/C7H7IN2O4/c1-3-9-6(13)4(2-5(11)12)7(10-3)14-8/h2H2,1H3,(H,11,12)(H,9,10,13). The number of aromatic nitrogens is 2. The van der Waals surface area contributed by atoms with Gasteiger partial charge in [-0.3, -0.25) is 9.59 Å². The Labute approximate surface area is 93.0 Å². The van der Waals surface area contributed by atoms with Crippen molar-refractivity contribution in [3.8, 4) is 5.88 Å². The molecule has 1 aromatic rings. The van der Waals surface area contributed by atoms with Gasteiger partial charge in [0, 0.05) is 0 Å². The van der Waals surface area contributed by atoms with E-state index >= 15 is 0 Å². The lowest BCUT2D eigenvalue weighted by molar-refractivity contribution is -0.136. The van der Waals surface area contributed by atoms with Crippen LogP contribution >= 0.6 is 23.0 Å². The molecule has 76 valence electrons. The van der Waals surface area contributed by atoms with Crippen molar-refractivity contribution in [2.75, 3.05) is 0 Å². The van der Waals surface area contributed by atoms with Crippen LogP contribution in [-0.2, 0) is 11.2 Å². The lowest BCUT2D eigenvalue weighted by Gasteiger charge is -2.03. The molecule has 0 unspecified atom stereocenters. The molecule has 0 amide bonds. The van der Waals surface area contributed by atoms with Gasteiger partial charge in [0.2, 0.25) is 5.88 Å². The quantitative estimate of drug-likeness (QED) is 0.790. The second-order valence-corrected chi connectivity index (χ2v) is 3.02. The number of aliphatic carboxylic acids is 1. The Morgan fingerprint density at radius 1 is 1.71 bits per heavy atom. The smallest absolute Gasteiger partial charge is 0.308 e. The molecule has 0 aliphatic heterocycles. The molecule has 0 saturated heterocycles. The molecule has 0 aliphatic carbocycles. The number of nitrogens with one attached hydrogen (secondary N) is 1. The molecule has 0 spiro atoms. The Morgan fingerprint density at radius 3 is 2.86 bits per heavy atom. The van der Waals surface area contributed by atoms with E-state index < -0.39 is 17.9 Å². The topological polar surface area (TPSA) is 92.3 Å². The lowest BCUT2D eigenvalue weighted by Crippen LogP contribution is -2.19. The molecule has 0 radical (unpaired) electrons. The Morgan fingerprint density at radius 2 is 2.36 bits per heavy atom. The van der Waals surface area contributed by atoms with Gasteiger partial charge in [0.05, 0.1) is 12.0 Å². The molecular formula is C7H7IN2O4. The highest BCUT2D eigenvalue weighted by atomic mass is 127. The van der Waals surface area contributed by atoms with Gasteiger partial charge in [-0.05, 0) is 6.92 Å². The maximum Gasteiger partial charge on any atom is 0.308 e. The first kappa shape index (κ1) is 11.0. The summed E-state index contributed by atoms with van der Waals surface area (Å²) in [5.74, 6) is -0.666. The van der Waals surface area contributed by atoms with E-state index in [0.29, 0.717) is 5.82 Å². The number of nitrogens with zero attached hydrogens (tertiary/aromatic N) is 1. The molecular weight excluding hydrogens is 303 g/mol. The number of aromatic amines is 1. The van der Waals surface area contributed by atoms with Crippen LogP contribution < -0.4 is 8.63 Å². The summed E-state index contributed by atoms with van der Waals surface area (Å²) in [5.41, 5.74) is -0.455. The van der Waals surface area contributed by atoms with Gasteiger partial charge in [0.1, 0.15) is 5.82 Å². The van der Waals surface area contributed by atoms with Gasteiger partial charge in [-0.25, -0.2) is 0 Å². The molecule has 1 aromatic heterocycles. The summed E-state index contributed by atoms with van der Waals surface area (Å²) in [7, 11) is 0. The zero-order valence-corrected chi connectivity index (χ0v) is 9.36. The average molecular weight is 310 g/mol. The first-order valence-corrected chi connectivity index (χ1v) is 4.53. The fraction of sp³-hybridized carbons (Fsp3) is 0.286. The number of H-pyrrole nitrogens is 1. The number of hydrogen-bond acceptors (Lipinski definition) is 4. The van der Waals surface area contributed by atoms with Crippen LogP contribution in [0.3, 0.4) is 0 Å². The van der Waals surface area contributed by atoms with E-state index in [1.165, 1.54) is 0 Å². The minimum atomic E-state index is -1.10. The van der Waals surface area contributed by atoms with E-state index in [0.717, 1.165) is 0 Å². The summed E-state index contributed by atoms with van der Waals surface area (Å²) in [6.45, 7) is 1.59. The van der Waals surface area contributed by atoms with Gasteiger partial charge < -0.3 is 13.2 Å². The van der Waals surface area contributed by atoms with E-state index in [2.05, 4.69) is 9.97 Å². The maximum atomic E-state index is 11.3. The average Bonchev–Trinajstić information content (AvgIpc) is 2.08. The Balaban J connectivity index is 3.25. The van der Waals surface area contributed by atoms with Crippen LogP contribution in [-0.4, -0.2) is 21.0 Å². The largest absolute Gasteiger partial charge is 0.481 e. The fourth-order valence-corrected chi connectivity index (χ4v) is 1.32. The van der Waals surface area contributed by atoms with Crippen LogP contribution in [0.5, 0.6) is 5.88 Å². The molecule has 0 saturated carbocycles. The molecule has 14 heavy (non-hydrogen) atoms. The number of carboxylic acid groups (broad SMARTS) is 1. The summed E-state index contributed by atoms with van der Waals surface area (Å²) < 4.78 is 4.78. The highest BCUT2D eigenvalue weighted by molar-refractivity contribution is 14.1. The molecule has 0 fully saturated rings. The van der Waals surface area contributed by atoms with Crippen LogP contribution in [0.4, 0.5) is 0 Å². The second kappa shape index (κ2) is 4.40. The van der Waals surface area contributed by atoms with Gasteiger partial charge >= 0.3 is 5.97 Å². The number of hydrogen-bond donors (Lipinski definition) is 2. The highest BCUT2D eigenvalue weighted by Gasteiger charge is 2.14. The van der Waals surface area contributed by atoms with Crippen molar-refractivity contribution < 1.29 is 13.0 Å². The minimum Gasteiger partial charge on any atom is -0.481 e. The number of rotatable bonds is 3. The van der Waals surface area contributed by atoms with Crippen molar-refractivity contribution >= 4 is 29.0 Å². The van der Waals surface area contributed by atoms with Crippen LogP contribution in [0.2, 0.25) is 0 Å². The molecule has 0 aromatic carbocycles. The third-order valence-electron chi connectivity index (χ3n) is 1.50. The SMILES string of the molecule is Cc1nc(OI)c(CC(=O)O)c(=O)[nH]1. The Bertz CT molecular complexity index is 415. The Kier molecular flexibility index (Phi) is 3.44. The van der Waals surface area contributed by atoms with E-state index in [9.17, 15) is 9.59 Å². The molecule has 6 nitrogen and oxygen atoms in total. The normalized spacial score (nSPS) is 9.86. The summed E-state index contributed by atoms with van der Waals surface area (Å²) >= 11 is 1.55. The van der Waals surface area contributed by atoms with Crippen molar-refractivity contribution in [2.24, 2.45) is 0 Å². The van der Waals surface area contributed by atoms with E-state index in [4.69, 9.17) is 8.17 Å². The minimum absolute atomic E-state index is 0.0255. The van der Waals surface area contributed by atoms with E-state index in [1.807, 2.05) is 0 Å². The van der Waals surface area contributed by atoms with Crippen LogP contribution in [0, 0.1) is 6.92 Å². The van der Waals surface area contributed by atoms with E-state index in [-0.39, 0.29) is 11.4 Å². The fourth-order valence-electron chi connectivity index (χ4n) is 0.956. The summed E-state index contributed by atoms with van der Waals surface area (Å²) in [4.78, 5) is 28.0. The number of carbonyl (C=O) groups is 1. The van der Waals surface area contributed by atoms with Gasteiger partial charge in [-0.15, -0.1) is 0 Å². The molecule has 2 N–H and O–H groups in total.